The first-order valence-electron chi connectivity index (χ1n) is 4.91. The highest BCUT2D eigenvalue weighted by atomic mass is 19.1. The zero-order valence-corrected chi connectivity index (χ0v) is 8.74. The molecule has 2 rings (SSSR count). The van der Waals surface area contributed by atoms with Crippen molar-refractivity contribution in [3.05, 3.63) is 64.3 Å². The summed E-state index contributed by atoms with van der Waals surface area (Å²) >= 11 is 0. The van der Waals surface area contributed by atoms with Gasteiger partial charge in [-0.15, -0.1) is 0 Å². The first-order valence-corrected chi connectivity index (χ1v) is 4.91. The fourth-order valence-corrected chi connectivity index (χ4v) is 1.31. The van der Waals surface area contributed by atoms with E-state index in [1.54, 1.807) is 0 Å². The average Bonchev–Trinajstić information content (AvgIpc) is 2.32. The molecule has 86 valence electrons. The van der Waals surface area contributed by atoms with E-state index >= 15 is 0 Å². The normalized spacial score (nSPS) is 9.94. The number of amides is 1. The van der Waals surface area contributed by atoms with Gasteiger partial charge >= 0.3 is 0 Å². The van der Waals surface area contributed by atoms with E-state index in [2.05, 4.69) is 10.3 Å². The molecule has 0 fully saturated rings. The number of aromatic nitrogens is 1. The van der Waals surface area contributed by atoms with Crippen molar-refractivity contribution < 1.29 is 9.18 Å². The Balaban J connectivity index is 2.17. The monoisotopic (exact) mass is 232 g/mol. The fraction of sp³-hybridized carbons (Fsp3) is 0. The minimum absolute atomic E-state index is 0.154. The number of hydrogen-bond acceptors (Lipinski definition) is 2. The minimum atomic E-state index is -0.450. The molecule has 5 heteroatoms. The van der Waals surface area contributed by atoms with Crippen LogP contribution in [0.15, 0.2) is 47.3 Å². The molecule has 0 saturated heterocycles. The van der Waals surface area contributed by atoms with E-state index in [9.17, 15) is 14.0 Å². The van der Waals surface area contributed by atoms with Crippen LogP contribution in [0, 0.1) is 5.82 Å². The van der Waals surface area contributed by atoms with E-state index in [-0.39, 0.29) is 17.1 Å². The quantitative estimate of drug-likeness (QED) is 0.828. The van der Waals surface area contributed by atoms with Gasteiger partial charge in [0.2, 0.25) is 5.56 Å². The maximum absolute atomic E-state index is 12.6. The number of anilines is 1. The van der Waals surface area contributed by atoms with Crippen molar-refractivity contribution in [1.82, 2.24) is 4.98 Å². The Morgan fingerprint density at radius 1 is 1.12 bits per heavy atom. The number of H-pyrrole nitrogens is 1. The summed E-state index contributed by atoms with van der Waals surface area (Å²) in [7, 11) is 0. The smallest absolute Gasteiger partial charge is 0.272 e. The molecule has 2 N–H and O–H groups in total. The lowest BCUT2D eigenvalue weighted by Crippen LogP contribution is -2.17. The van der Waals surface area contributed by atoms with Crippen LogP contribution in [0.5, 0.6) is 0 Å². The van der Waals surface area contributed by atoms with E-state index in [1.165, 1.54) is 42.5 Å². The minimum Gasteiger partial charge on any atom is -0.321 e. The van der Waals surface area contributed by atoms with E-state index < -0.39 is 5.91 Å². The van der Waals surface area contributed by atoms with Crippen molar-refractivity contribution in [1.29, 1.82) is 0 Å². The summed E-state index contributed by atoms with van der Waals surface area (Å²) < 4.78 is 12.6. The SMILES string of the molecule is O=C(Nc1ccc(F)cc1)c1cccc(=O)[nH]1. The van der Waals surface area contributed by atoms with Crippen molar-refractivity contribution >= 4 is 11.6 Å². The van der Waals surface area contributed by atoms with Gasteiger partial charge in [0.15, 0.2) is 0 Å². The van der Waals surface area contributed by atoms with Gasteiger partial charge < -0.3 is 10.3 Å². The molecule has 0 spiro atoms. The second-order valence-electron chi connectivity index (χ2n) is 3.39. The standard InChI is InChI=1S/C12H9FN2O2/c13-8-4-6-9(7-5-8)14-12(17)10-2-1-3-11(16)15-10/h1-7H,(H,14,17)(H,15,16). The van der Waals surface area contributed by atoms with Crippen molar-refractivity contribution in [3.8, 4) is 0 Å². The highest BCUT2D eigenvalue weighted by Gasteiger charge is 2.06. The molecule has 1 aromatic carbocycles. The van der Waals surface area contributed by atoms with Crippen LogP contribution in [0.4, 0.5) is 10.1 Å². The van der Waals surface area contributed by atoms with E-state index in [1.807, 2.05) is 0 Å². The maximum atomic E-state index is 12.6. The van der Waals surface area contributed by atoms with Crippen LogP contribution < -0.4 is 10.9 Å². The molecule has 4 nitrogen and oxygen atoms in total. The van der Waals surface area contributed by atoms with E-state index in [0.717, 1.165) is 0 Å². The Hall–Kier alpha value is -2.43. The fourth-order valence-electron chi connectivity index (χ4n) is 1.31. The van der Waals surface area contributed by atoms with Crippen molar-refractivity contribution in [2.45, 2.75) is 0 Å². The van der Waals surface area contributed by atoms with E-state index in [4.69, 9.17) is 0 Å². The molecule has 0 saturated carbocycles. The van der Waals surface area contributed by atoms with Crippen LogP contribution in [0.3, 0.4) is 0 Å². The lowest BCUT2D eigenvalue weighted by molar-refractivity contribution is 0.102. The zero-order valence-electron chi connectivity index (χ0n) is 8.74. The molecule has 1 aromatic heterocycles. The first kappa shape index (κ1) is 11.1. The summed E-state index contributed by atoms with van der Waals surface area (Å²) in [6.45, 7) is 0. The summed E-state index contributed by atoms with van der Waals surface area (Å²) in [6, 6.07) is 9.64. The van der Waals surface area contributed by atoms with Crippen molar-refractivity contribution in [3.63, 3.8) is 0 Å². The number of nitrogens with one attached hydrogen (secondary N) is 2. The molecule has 0 bridgehead atoms. The second-order valence-corrected chi connectivity index (χ2v) is 3.39. The van der Waals surface area contributed by atoms with Gasteiger partial charge in [0, 0.05) is 11.8 Å². The molecular formula is C12H9FN2O2. The predicted octanol–water partition coefficient (Wildman–Crippen LogP) is 1.77. The number of carbonyl (C=O) groups excluding carboxylic acids is 1. The van der Waals surface area contributed by atoms with Gasteiger partial charge in [0.25, 0.3) is 5.91 Å². The molecule has 0 aliphatic carbocycles. The molecular weight excluding hydrogens is 223 g/mol. The Morgan fingerprint density at radius 3 is 2.47 bits per heavy atom. The van der Waals surface area contributed by atoms with Gasteiger partial charge in [-0.25, -0.2) is 4.39 Å². The molecule has 1 amide bonds. The molecule has 0 atom stereocenters. The van der Waals surface area contributed by atoms with Gasteiger partial charge in [-0.2, -0.15) is 0 Å². The highest BCUT2D eigenvalue weighted by molar-refractivity contribution is 6.02. The molecule has 0 radical (unpaired) electrons. The Labute approximate surface area is 96.1 Å². The largest absolute Gasteiger partial charge is 0.321 e. The van der Waals surface area contributed by atoms with Crippen LogP contribution in [0.2, 0.25) is 0 Å². The van der Waals surface area contributed by atoms with Gasteiger partial charge in [-0.1, -0.05) is 6.07 Å². The molecule has 1 heterocycles. The summed E-state index contributed by atoms with van der Waals surface area (Å²) in [5.41, 5.74) is 0.264. The summed E-state index contributed by atoms with van der Waals surface area (Å²) in [4.78, 5) is 25.1. The van der Waals surface area contributed by atoms with Crippen LogP contribution in [-0.4, -0.2) is 10.9 Å². The van der Waals surface area contributed by atoms with Crippen LogP contribution in [-0.2, 0) is 0 Å². The zero-order chi connectivity index (χ0) is 12.3. The maximum Gasteiger partial charge on any atom is 0.272 e. The van der Waals surface area contributed by atoms with Crippen LogP contribution >= 0.6 is 0 Å². The third kappa shape index (κ3) is 2.78. The topological polar surface area (TPSA) is 62.0 Å². The summed E-state index contributed by atoms with van der Waals surface area (Å²) in [6.07, 6.45) is 0. The first-order chi connectivity index (χ1) is 8.15. The molecule has 0 aliphatic rings. The van der Waals surface area contributed by atoms with Gasteiger partial charge in [0.05, 0.1) is 0 Å². The summed E-state index contributed by atoms with van der Waals surface area (Å²) in [5.74, 6) is -0.828. The second kappa shape index (κ2) is 4.61. The Morgan fingerprint density at radius 2 is 1.82 bits per heavy atom. The summed E-state index contributed by atoms with van der Waals surface area (Å²) in [5, 5.41) is 2.54. The van der Waals surface area contributed by atoms with E-state index in [0.29, 0.717) is 5.69 Å². The van der Waals surface area contributed by atoms with Crippen LogP contribution in [0.1, 0.15) is 10.5 Å². The third-order valence-electron chi connectivity index (χ3n) is 2.12. The number of rotatable bonds is 2. The number of halogens is 1. The van der Waals surface area contributed by atoms with Gasteiger partial charge in [-0.3, -0.25) is 9.59 Å². The molecule has 2 aromatic rings. The predicted molar refractivity (Wildman–Crippen MR) is 61.4 cm³/mol. The number of carbonyl (C=O) groups is 1. The van der Waals surface area contributed by atoms with Crippen molar-refractivity contribution in [2.24, 2.45) is 0 Å². The Bertz CT molecular complexity index is 590. The molecule has 0 aliphatic heterocycles. The third-order valence-corrected chi connectivity index (χ3v) is 2.12. The Kier molecular flexibility index (Phi) is 3.00. The highest BCUT2D eigenvalue weighted by Crippen LogP contribution is 2.09. The lowest BCUT2D eigenvalue weighted by atomic mass is 10.3. The number of benzene rings is 1. The lowest BCUT2D eigenvalue weighted by Gasteiger charge is -2.04. The van der Waals surface area contributed by atoms with Gasteiger partial charge in [-0.05, 0) is 30.3 Å². The number of hydrogen-bond donors (Lipinski definition) is 2. The molecule has 0 unspecified atom stereocenters. The number of aromatic amines is 1. The average molecular weight is 232 g/mol. The molecule has 17 heavy (non-hydrogen) atoms. The number of pyridine rings is 1. The van der Waals surface area contributed by atoms with Crippen LogP contribution in [0.25, 0.3) is 0 Å². The van der Waals surface area contributed by atoms with Crippen molar-refractivity contribution in [2.75, 3.05) is 5.32 Å². The van der Waals surface area contributed by atoms with Gasteiger partial charge in [0.1, 0.15) is 11.5 Å².